The Bertz CT molecular complexity index is 628. The van der Waals surface area contributed by atoms with Crippen LogP contribution in [0.1, 0.15) is 27.2 Å². The van der Waals surface area contributed by atoms with E-state index in [0.717, 1.165) is 13.0 Å². The van der Waals surface area contributed by atoms with Gasteiger partial charge in [-0.3, -0.25) is 4.79 Å². The molecule has 0 bridgehead atoms. The number of halogens is 1. The number of rotatable bonds is 4. The molecule has 0 spiro atoms. The third kappa shape index (κ3) is 4.20. The second-order valence-electron chi connectivity index (χ2n) is 8.67. The predicted molar refractivity (Wildman–Crippen MR) is 110 cm³/mol. The standard InChI is InChI=1S/C21H36FN5O/c1-5-14(2)19-18(23)20(17(22)12-24-19)26-8-10-27(11-9-26)21(28)16-13-25(4)7-6-15(16)3/h6-7,14-16,18-19,24H,5,8-13,23H2,1-4H3. The van der Waals surface area contributed by atoms with Gasteiger partial charge in [-0.1, -0.05) is 33.3 Å². The highest BCUT2D eigenvalue weighted by atomic mass is 19.1. The van der Waals surface area contributed by atoms with Crippen molar-refractivity contribution in [3.05, 3.63) is 23.8 Å². The minimum absolute atomic E-state index is 0.00609. The summed E-state index contributed by atoms with van der Waals surface area (Å²) in [5, 5.41) is 3.26. The number of hydrogen-bond donors (Lipinski definition) is 2. The van der Waals surface area contributed by atoms with Gasteiger partial charge in [-0.25, -0.2) is 4.39 Å². The highest BCUT2D eigenvalue weighted by Gasteiger charge is 2.37. The predicted octanol–water partition coefficient (Wildman–Crippen LogP) is 1.37. The van der Waals surface area contributed by atoms with Gasteiger partial charge in [0.05, 0.1) is 17.7 Å². The Labute approximate surface area is 168 Å². The molecule has 3 heterocycles. The summed E-state index contributed by atoms with van der Waals surface area (Å²) in [7, 11) is 2.00. The van der Waals surface area contributed by atoms with Gasteiger partial charge in [0, 0.05) is 52.4 Å². The van der Waals surface area contributed by atoms with E-state index in [1.54, 1.807) is 0 Å². The van der Waals surface area contributed by atoms with Crippen molar-refractivity contribution in [2.45, 2.75) is 39.3 Å². The third-order valence-electron chi connectivity index (χ3n) is 6.74. The zero-order valence-corrected chi connectivity index (χ0v) is 17.7. The van der Waals surface area contributed by atoms with E-state index >= 15 is 0 Å². The highest BCUT2D eigenvalue weighted by molar-refractivity contribution is 5.80. The molecule has 5 unspecified atom stereocenters. The fraction of sp³-hybridized carbons (Fsp3) is 0.762. The van der Waals surface area contributed by atoms with Crippen molar-refractivity contribution in [1.82, 2.24) is 20.0 Å². The van der Waals surface area contributed by atoms with Gasteiger partial charge in [-0.15, -0.1) is 0 Å². The number of carbonyl (C=O) groups excluding carboxylic acids is 1. The van der Waals surface area contributed by atoms with Gasteiger partial charge in [-0.05, 0) is 18.0 Å². The SMILES string of the molecule is CCC(C)C1NCC(F)=C(N2CCN(C(=O)C3CN(C)C=CC3C)CC2)C1N. The Morgan fingerprint density at radius 2 is 2.04 bits per heavy atom. The maximum Gasteiger partial charge on any atom is 0.228 e. The van der Waals surface area contributed by atoms with E-state index in [1.165, 1.54) is 0 Å². The fourth-order valence-corrected chi connectivity index (χ4v) is 4.63. The number of piperazine rings is 1. The van der Waals surface area contributed by atoms with Crippen molar-refractivity contribution in [1.29, 1.82) is 0 Å². The summed E-state index contributed by atoms with van der Waals surface area (Å²) < 4.78 is 14.7. The fourth-order valence-electron chi connectivity index (χ4n) is 4.63. The molecule has 0 aromatic heterocycles. The van der Waals surface area contributed by atoms with Gasteiger partial charge in [0.25, 0.3) is 0 Å². The van der Waals surface area contributed by atoms with Gasteiger partial charge in [0.2, 0.25) is 5.91 Å². The topological polar surface area (TPSA) is 64.8 Å². The quantitative estimate of drug-likeness (QED) is 0.755. The molecular weight excluding hydrogens is 357 g/mol. The van der Waals surface area contributed by atoms with Gasteiger partial charge in [-0.2, -0.15) is 0 Å². The molecule has 7 heteroatoms. The second-order valence-corrected chi connectivity index (χ2v) is 8.67. The Balaban J connectivity index is 1.63. The Kier molecular flexibility index (Phi) is 6.65. The van der Waals surface area contributed by atoms with Crippen molar-refractivity contribution in [2.24, 2.45) is 23.5 Å². The molecule has 5 atom stereocenters. The Hall–Kier alpha value is -1.60. The monoisotopic (exact) mass is 393 g/mol. The molecule has 3 N–H and O–H groups in total. The van der Waals surface area contributed by atoms with E-state index < -0.39 is 0 Å². The molecule has 0 aromatic carbocycles. The lowest BCUT2D eigenvalue weighted by Gasteiger charge is -2.44. The van der Waals surface area contributed by atoms with Crippen LogP contribution in [0.3, 0.4) is 0 Å². The van der Waals surface area contributed by atoms with Gasteiger partial charge in [0.15, 0.2) is 0 Å². The zero-order chi connectivity index (χ0) is 20.4. The van der Waals surface area contributed by atoms with Crippen molar-refractivity contribution < 1.29 is 9.18 Å². The minimum atomic E-state index is -0.344. The highest BCUT2D eigenvalue weighted by Crippen LogP contribution is 2.28. The molecule has 0 aromatic rings. The molecule has 0 saturated carbocycles. The lowest BCUT2D eigenvalue weighted by atomic mass is 9.88. The van der Waals surface area contributed by atoms with Crippen LogP contribution in [0.5, 0.6) is 0 Å². The number of carbonyl (C=O) groups is 1. The van der Waals surface area contributed by atoms with Crippen LogP contribution in [-0.4, -0.2) is 79.0 Å². The summed E-state index contributed by atoms with van der Waals surface area (Å²) in [6, 6.07) is -0.257. The van der Waals surface area contributed by atoms with Crippen LogP contribution in [-0.2, 0) is 4.79 Å². The molecule has 0 aliphatic carbocycles. The molecule has 1 amide bonds. The largest absolute Gasteiger partial charge is 0.380 e. The average Bonchev–Trinajstić information content (AvgIpc) is 2.69. The van der Waals surface area contributed by atoms with Crippen LogP contribution in [0.4, 0.5) is 4.39 Å². The van der Waals surface area contributed by atoms with Crippen molar-refractivity contribution >= 4 is 5.91 Å². The third-order valence-corrected chi connectivity index (χ3v) is 6.74. The van der Waals surface area contributed by atoms with Crippen LogP contribution in [0, 0.1) is 17.8 Å². The van der Waals surface area contributed by atoms with E-state index in [-0.39, 0.29) is 42.2 Å². The van der Waals surface area contributed by atoms with Crippen LogP contribution in [0.2, 0.25) is 0 Å². The van der Waals surface area contributed by atoms with Crippen molar-refractivity contribution in [3.63, 3.8) is 0 Å². The van der Waals surface area contributed by atoms with E-state index in [4.69, 9.17) is 5.73 Å². The average molecular weight is 394 g/mol. The van der Waals surface area contributed by atoms with Gasteiger partial charge < -0.3 is 25.8 Å². The summed E-state index contributed by atoms with van der Waals surface area (Å²) in [4.78, 5) is 19.1. The van der Waals surface area contributed by atoms with E-state index in [2.05, 4.69) is 42.0 Å². The number of nitrogens with zero attached hydrogens (tertiary/aromatic N) is 3. The van der Waals surface area contributed by atoms with Crippen molar-refractivity contribution in [2.75, 3.05) is 46.3 Å². The molecule has 3 aliphatic heterocycles. The van der Waals surface area contributed by atoms with Crippen LogP contribution >= 0.6 is 0 Å². The lowest BCUT2D eigenvalue weighted by molar-refractivity contribution is -0.139. The first-order chi connectivity index (χ1) is 13.3. The summed E-state index contributed by atoms with van der Waals surface area (Å²) in [6.07, 6.45) is 5.16. The normalized spacial score (nSPS) is 32.7. The molecule has 1 saturated heterocycles. The molecular formula is C21H36FN5O. The molecule has 158 valence electrons. The minimum Gasteiger partial charge on any atom is -0.380 e. The number of nitrogens with two attached hydrogens (primary N) is 1. The maximum absolute atomic E-state index is 14.7. The van der Waals surface area contributed by atoms with Crippen LogP contribution in [0.15, 0.2) is 23.8 Å². The Morgan fingerprint density at radius 3 is 2.68 bits per heavy atom. The molecule has 28 heavy (non-hydrogen) atoms. The molecule has 1 fully saturated rings. The van der Waals surface area contributed by atoms with Crippen LogP contribution in [0.25, 0.3) is 0 Å². The summed E-state index contributed by atoms with van der Waals surface area (Å²) in [6.45, 7) is 9.93. The molecule has 3 aliphatic rings. The second kappa shape index (κ2) is 8.82. The summed E-state index contributed by atoms with van der Waals surface area (Å²) >= 11 is 0. The number of amides is 1. The van der Waals surface area contributed by atoms with Gasteiger partial charge in [0.1, 0.15) is 5.83 Å². The maximum atomic E-state index is 14.7. The molecule has 3 rings (SSSR count). The summed E-state index contributed by atoms with van der Waals surface area (Å²) in [5.41, 5.74) is 7.11. The van der Waals surface area contributed by atoms with Gasteiger partial charge >= 0.3 is 0 Å². The summed E-state index contributed by atoms with van der Waals surface area (Å²) in [5.74, 6) is 0.688. The number of hydrogen-bond acceptors (Lipinski definition) is 5. The van der Waals surface area contributed by atoms with E-state index in [1.807, 2.05) is 18.1 Å². The van der Waals surface area contributed by atoms with Crippen molar-refractivity contribution in [3.8, 4) is 0 Å². The van der Waals surface area contributed by atoms with Crippen LogP contribution < -0.4 is 11.1 Å². The first kappa shape index (κ1) is 21.1. The molecule has 6 nitrogen and oxygen atoms in total. The number of nitrogens with one attached hydrogen (secondary N) is 1. The smallest absolute Gasteiger partial charge is 0.228 e. The molecule has 0 radical (unpaired) electrons. The first-order valence-corrected chi connectivity index (χ1v) is 10.6. The number of allylic oxidation sites excluding steroid dienone is 1. The Morgan fingerprint density at radius 1 is 1.36 bits per heavy atom. The first-order valence-electron chi connectivity index (χ1n) is 10.6. The zero-order valence-electron chi connectivity index (χ0n) is 17.7. The van der Waals surface area contributed by atoms with E-state index in [0.29, 0.717) is 37.8 Å². The van der Waals surface area contributed by atoms with E-state index in [9.17, 15) is 9.18 Å². The lowest BCUT2D eigenvalue weighted by Crippen LogP contribution is -2.59.